The molecule has 7 heteroatoms. The van der Waals surface area contributed by atoms with Gasteiger partial charge >= 0.3 is 11.9 Å². The van der Waals surface area contributed by atoms with Crippen molar-refractivity contribution < 1.29 is 24.7 Å². The van der Waals surface area contributed by atoms with E-state index >= 15 is 0 Å². The predicted molar refractivity (Wildman–Crippen MR) is 123 cm³/mol. The molecule has 0 rings (SSSR count). The van der Waals surface area contributed by atoms with Crippen molar-refractivity contribution in [2.24, 2.45) is 0 Å². The molecule has 0 saturated heterocycles. The van der Waals surface area contributed by atoms with Gasteiger partial charge < -0.3 is 10.2 Å². The average Bonchev–Trinajstić information content (AvgIpc) is 2.72. The van der Waals surface area contributed by atoms with E-state index in [1.807, 2.05) is 12.2 Å². The standard InChI is InChI=1S/C24H37NO6/c1-2-3-4-5-6-7-8-9-10-11-12-13-14-15-16-19-24(25(30)31,20-17-22(26)27)21-18-23(28)29/h6-7,9-10,12-13,15-16H,2-5,8,11,14,17-21H2,1H3,(H,26,27)(H,28,29)/b7-6-,10-9-,13-12-,16-15-. The fourth-order valence-electron chi connectivity index (χ4n) is 3.01. The van der Waals surface area contributed by atoms with Crippen molar-refractivity contribution in [2.75, 3.05) is 0 Å². The van der Waals surface area contributed by atoms with E-state index in [2.05, 4.69) is 31.2 Å². The Balaban J connectivity index is 4.40. The Bertz CT molecular complexity index is 630. The van der Waals surface area contributed by atoms with E-state index in [1.54, 1.807) is 12.2 Å². The number of hydrogen-bond donors (Lipinski definition) is 2. The van der Waals surface area contributed by atoms with Gasteiger partial charge in [-0.3, -0.25) is 19.7 Å². The van der Waals surface area contributed by atoms with Crippen molar-refractivity contribution in [2.45, 2.75) is 89.5 Å². The number of nitro groups is 1. The molecule has 0 saturated carbocycles. The summed E-state index contributed by atoms with van der Waals surface area (Å²) in [5.41, 5.74) is -1.57. The lowest BCUT2D eigenvalue weighted by atomic mass is 9.85. The first-order chi connectivity index (χ1) is 14.8. The van der Waals surface area contributed by atoms with Gasteiger partial charge in [0.25, 0.3) is 0 Å². The lowest BCUT2D eigenvalue weighted by molar-refractivity contribution is -0.571. The monoisotopic (exact) mass is 435 g/mol. The number of hydrogen-bond acceptors (Lipinski definition) is 4. The molecule has 2 N–H and O–H groups in total. The van der Waals surface area contributed by atoms with E-state index in [0.29, 0.717) is 6.42 Å². The Hall–Kier alpha value is -2.70. The van der Waals surface area contributed by atoms with E-state index < -0.39 is 22.4 Å². The maximum Gasteiger partial charge on any atom is 0.303 e. The molecule has 0 fully saturated rings. The smallest absolute Gasteiger partial charge is 0.303 e. The third kappa shape index (κ3) is 15.8. The molecular weight excluding hydrogens is 398 g/mol. The summed E-state index contributed by atoms with van der Waals surface area (Å²) < 4.78 is 0. The zero-order valence-electron chi connectivity index (χ0n) is 18.6. The van der Waals surface area contributed by atoms with Gasteiger partial charge in [0.1, 0.15) is 0 Å². The van der Waals surface area contributed by atoms with Crippen LogP contribution >= 0.6 is 0 Å². The highest BCUT2D eigenvalue weighted by atomic mass is 16.6. The summed E-state index contributed by atoms with van der Waals surface area (Å²) >= 11 is 0. The summed E-state index contributed by atoms with van der Waals surface area (Å²) in [6, 6.07) is 0. The molecule has 31 heavy (non-hydrogen) atoms. The fraction of sp³-hybridized carbons (Fsp3) is 0.583. The molecule has 0 aliphatic heterocycles. The second-order valence-electron chi connectivity index (χ2n) is 7.56. The van der Waals surface area contributed by atoms with Crippen molar-refractivity contribution in [3.8, 4) is 0 Å². The van der Waals surface area contributed by atoms with Crippen molar-refractivity contribution in [1.29, 1.82) is 0 Å². The number of aliphatic carboxylic acids is 2. The molecule has 0 aromatic rings. The molecule has 0 aromatic heterocycles. The van der Waals surface area contributed by atoms with Crippen molar-refractivity contribution in [1.82, 2.24) is 0 Å². The van der Waals surface area contributed by atoms with Crippen LogP contribution in [0.1, 0.15) is 84.0 Å². The molecule has 0 aromatic carbocycles. The van der Waals surface area contributed by atoms with E-state index in [0.717, 1.165) is 19.3 Å². The molecule has 0 radical (unpaired) electrons. The number of carboxylic acids is 2. The highest BCUT2D eigenvalue weighted by Crippen LogP contribution is 2.28. The second-order valence-corrected chi connectivity index (χ2v) is 7.56. The van der Waals surface area contributed by atoms with Crippen LogP contribution in [0.5, 0.6) is 0 Å². The van der Waals surface area contributed by atoms with Gasteiger partial charge in [0, 0.05) is 24.2 Å². The number of allylic oxidation sites excluding steroid dienone is 7. The van der Waals surface area contributed by atoms with Gasteiger partial charge in [0.15, 0.2) is 0 Å². The maximum absolute atomic E-state index is 11.6. The van der Waals surface area contributed by atoms with E-state index in [-0.39, 0.29) is 32.1 Å². The Morgan fingerprint density at radius 3 is 1.68 bits per heavy atom. The molecule has 0 heterocycles. The van der Waals surface area contributed by atoms with Crippen LogP contribution in [0.2, 0.25) is 0 Å². The minimum Gasteiger partial charge on any atom is -0.481 e. The largest absolute Gasteiger partial charge is 0.481 e. The number of carboxylic acid groups (broad SMARTS) is 2. The molecule has 0 bridgehead atoms. The number of unbranched alkanes of at least 4 members (excludes halogenated alkanes) is 3. The summed E-state index contributed by atoms with van der Waals surface area (Å²) in [6.07, 6.45) is 22.2. The third-order valence-electron chi connectivity index (χ3n) is 4.95. The van der Waals surface area contributed by atoms with Gasteiger partial charge in [-0.05, 0) is 32.1 Å². The molecule has 0 atom stereocenters. The predicted octanol–water partition coefficient (Wildman–Crippen LogP) is 6.10. The van der Waals surface area contributed by atoms with Gasteiger partial charge in [-0.15, -0.1) is 0 Å². The van der Waals surface area contributed by atoms with E-state index in [4.69, 9.17) is 10.2 Å². The molecule has 0 amide bonds. The van der Waals surface area contributed by atoms with Crippen LogP contribution in [0.15, 0.2) is 48.6 Å². The van der Waals surface area contributed by atoms with Crippen LogP contribution in [-0.4, -0.2) is 32.6 Å². The Morgan fingerprint density at radius 1 is 0.806 bits per heavy atom. The molecular formula is C24H37NO6. The molecule has 0 aliphatic carbocycles. The van der Waals surface area contributed by atoms with Crippen LogP contribution in [0.3, 0.4) is 0 Å². The molecule has 0 spiro atoms. The van der Waals surface area contributed by atoms with Crippen LogP contribution < -0.4 is 0 Å². The minimum atomic E-state index is -1.57. The van der Waals surface area contributed by atoms with Gasteiger partial charge in [-0.2, -0.15) is 0 Å². The molecule has 7 nitrogen and oxygen atoms in total. The van der Waals surface area contributed by atoms with Crippen LogP contribution in [0.4, 0.5) is 0 Å². The first kappa shape index (κ1) is 28.3. The number of rotatable bonds is 19. The zero-order valence-corrected chi connectivity index (χ0v) is 18.6. The van der Waals surface area contributed by atoms with Crippen LogP contribution in [0, 0.1) is 10.1 Å². The zero-order chi connectivity index (χ0) is 23.4. The topological polar surface area (TPSA) is 118 Å². The Kier molecular flexibility index (Phi) is 16.5. The van der Waals surface area contributed by atoms with Crippen LogP contribution in [0.25, 0.3) is 0 Å². The summed E-state index contributed by atoms with van der Waals surface area (Å²) in [5, 5.41) is 29.3. The van der Waals surface area contributed by atoms with E-state index in [9.17, 15) is 19.7 Å². The second kappa shape index (κ2) is 18.1. The van der Waals surface area contributed by atoms with Gasteiger partial charge in [-0.1, -0.05) is 68.4 Å². The van der Waals surface area contributed by atoms with Crippen molar-refractivity contribution in [3.63, 3.8) is 0 Å². The van der Waals surface area contributed by atoms with Crippen molar-refractivity contribution in [3.05, 3.63) is 58.7 Å². The average molecular weight is 436 g/mol. The molecule has 0 aliphatic rings. The number of carbonyl (C=O) groups is 2. The minimum absolute atomic E-state index is 0.0128. The Morgan fingerprint density at radius 2 is 1.26 bits per heavy atom. The fourth-order valence-corrected chi connectivity index (χ4v) is 3.01. The first-order valence-electron chi connectivity index (χ1n) is 11.0. The molecule has 0 unspecified atom stereocenters. The number of nitrogens with zero attached hydrogens (tertiary/aromatic N) is 1. The lowest BCUT2D eigenvalue weighted by Crippen LogP contribution is -2.39. The third-order valence-corrected chi connectivity index (χ3v) is 4.95. The van der Waals surface area contributed by atoms with Gasteiger partial charge in [-0.25, -0.2) is 0 Å². The van der Waals surface area contributed by atoms with E-state index in [1.165, 1.54) is 19.3 Å². The SMILES string of the molecule is CCCCC/C=C\C/C=C\C/C=C\C/C=C\CC(CCC(=O)O)(CCC(=O)O)[N+](=O)[O-]. The van der Waals surface area contributed by atoms with Crippen LogP contribution in [-0.2, 0) is 9.59 Å². The first-order valence-corrected chi connectivity index (χ1v) is 11.0. The summed E-state index contributed by atoms with van der Waals surface area (Å²) in [4.78, 5) is 32.7. The highest BCUT2D eigenvalue weighted by molar-refractivity contribution is 5.67. The Labute approximate surface area is 185 Å². The quantitative estimate of drug-likeness (QED) is 0.110. The summed E-state index contributed by atoms with van der Waals surface area (Å²) in [7, 11) is 0. The molecule has 174 valence electrons. The van der Waals surface area contributed by atoms with Gasteiger partial charge in [0.05, 0.1) is 12.8 Å². The van der Waals surface area contributed by atoms with Gasteiger partial charge in [0.2, 0.25) is 5.54 Å². The summed E-state index contributed by atoms with van der Waals surface area (Å²) in [6.45, 7) is 2.19. The summed E-state index contributed by atoms with van der Waals surface area (Å²) in [5.74, 6) is -2.26. The highest BCUT2D eigenvalue weighted by Gasteiger charge is 2.42. The lowest BCUT2D eigenvalue weighted by Gasteiger charge is -2.23. The normalized spacial score (nSPS) is 12.5. The maximum atomic E-state index is 11.6. The van der Waals surface area contributed by atoms with Crippen molar-refractivity contribution >= 4 is 11.9 Å².